The molecule has 2 aromatic heterocycles. The van der Waals surface area contributed by atoms with Crippen LogP contribution in [0.1, 0.15) is 20.8 Å². The van der Waals surface area contributed by atoms with Crippen LogP contribution < -0.4 is 10.6 Å². The smallest absolute Gasteiger partial charge is 0.302 e. The first kappa shape index (κ1) is 14.5. The van der Waals surface area contributed by atoms with Crippen LogP contribution in [0, 0.1) is 0 Å². The molecular formula is C16H12N4O3. The van der Waals surface area contributed by atoms with Crippen LogP contribution in [0.15, 0.2) is 65.5 Å². The van der Waals surface area contributed by atoms with Gasteiger partial charge in [0.2, 0.25) is 0 Å². The van der Waals surface area contributed by atoms with Gasteiger partial charge in [-0.3, -0.25) is 19.9 Å². The normalized spacial score (nSPS) is 10.1. The van der Waals surface area contributed by atoms with E-state index in [1.165, 1.54) is 12.5 Å². The number of hydrogen-bond acceptors (Lipinski definition) is 5. The first-order valence-corrected chi connectivity index (χ1v) is 6.76. The molecular weight excluding hydrogens is 296 g/mol. The van der Waals surface area contributed by atoms with Crippen molar-refractivity contribution < 1.29 is 14.0 Å². The Labute approximate surface area is 131 Å². The first-order valence-electron chi connectivity index (χ1n) is 6.76. The summed E-state index contributed by atoms with van der Waals surface area (Å²) in [5.74, 6) is -0.825. The van der Waals surface area contributed by atoms with Crippen LogP contribution >= 0.6 is 0 Å². The molecule has 7 heteroatoms. The maximum Gasteiger partial charge on any atom is 0.302 e. The molecule has 0 atom stereocenters. The Morgan fingerprint density at radius 3 is 2.52 bits per heavy atom. The fourth-order valence-corrected chi connectivity index (χ4v) is 1.83. The summed E-state index contributed by atoms with van der Waals surface area (Å²) < 4.78 is 5.10. The molecule has 0 unspecified atom stereocenters. The Morgan fingerprint density at radius 2 is 1.78 bits per heavy atom. The number of aromatic nitrogens is 2. The third kappa shape index (κ3) is 3.59. The van der Waals surface area contributed by atoms with Crippen molar-refractivity contribution in [3.63, 3.8) is 0 Å². The van der Waals surface area contributed by atoms with Gasteiger partial charge in [0.25, 0.3) is 11.8 Å². The molecule has 2 amide bonds. The van der Waals surface area contributed by atoms with E-state index >= 15 is 0 Å². The molecule has 2 heterocycles. The Morgan fingerprint density at radius 1 is 0.957 bits per heavy atom. The summed E-state index contributed by atoms with van der Waals surface area (Å²) in [6, 6.07) is 12.0. The van der Waals surface area contributed by atoms with Crippen LogP contribution in [0.2, 0.25) is 0 Å². The van der Waals surface area contributed by atoms with Crippen LogP contribution in [0.4, 0.5) is 11.7 Å². The zero-order chi connectivity index (χ0) is 16.1. The number of amides is 2. The van der Waals surface area contributed by atoms with E-state index in [1.54, 1.807) is 42.6 Å². The van der Waals surface area contributed by atoms with Gasteiger partial charge in [-0.2, -0.15) is 4.98 Å². The lowest BCUT2D eigenvalue weighted by Gasteiger charge is -2.01. The van der Waals surface area contributed by atoms with Gasteiger partial charge >= 0.3 is 6.01 Å². The zero-order valence-corrected chi connectivity index (χ0v) is 11.9. The van der Waals surface area contributed by atoms with Crippen molar-refractivity contribution in [2.24, 2.45) is 0 Å². The molecule has 2 N–H and O–H groups in total. The van der Waals surface area contributed by atoms with Crippen LogP contribution in [-0.2, 0) is 0 Å². The van der Waals surface area contributed by atoms with Crippen LogP contribution in [0.3, 0.4) is 0 Å². The number of hydrogen-bond donors (Lipinski definition) is 2. The second-order valence-corrected chi connectivity index (χ2v) is 4.55. The van der Waals surface area contributed by atoms with Gasteiger partial charge < -0.3 is 9.73 Å². The number of anilines is 2. The van der Waals surface area contributed by atoms with Crippen LogP contribution in [0.25, 0.3) is 0 Å². The molecule has 0 aliphatic rings. The Bertz CT molecular complexity index is 816. The summed E-state index contributed by atoms with van der Waals surface area (Å²) in [6.45, 7) is 0. The van der Waals surface area contributed by atoms with Crippen molar-refractivity contribution in [1.82, 2.24) is 9.97 Å². The summed E-state index contributed by atoms with van der Waals surface area (Å²) >= 11 is 0. The van der Waals surface area contributed by atoms with Crippen LogP contribution in [0.5, 0.6) is 0 Å². The fourth-order valence-electron chi connectivity index (χ4n) is 1.83. The zero-order valence-electron chi connectivity index (χ0n) is 11.9. The molecule has 0 bridgehead atoms. The largest absolute Gasteiger partial charge is 0.431 e. The number of nitrogens with one attached hydrogen (secondary N) is 2. The van der Waals surface area contributed by atoms with Crippen molar-refractivity contribution in [1.29, 1.82) is 0 Å². The quantitative estimate of drug-likeness (QED) is 0.772. The average molecular weight is 308 g/mol. The number of pyridine rings is 1. The summed E-state index contributed by atoms with van der Waals surface area (Å²) in [6.07, 6.45) is 4.28. The molecule has 3 aromatic rings. The standard InChI is InChI=1S/C16H12N4O3/c21-14(11-5-2-1-3-6-11)20-16-19-13(10-23-16)15(22)18-12-7-4-8-17-9-12/h1-10H,(H,18,22)(H,19,20,21). The molecule has 0 radical (unpaired) electrons. The number of rotatable bonds is 4. The minimum Gasteiger partial charge on any atom is -0.431 e. The van der Waals surface area contributed by atoms with Crippen molar-refractivity contribution in [2.75, 3.05) is 10.6 Å². The summed E-state index contributed by atoms with van der Waals surface area (Å²) in [5.41, 5.74) is 1.06. The molecule has 0 aliphatic heterocycles. The number of carbonyl (C=O) groups excluding carboxylic acids is 2. The van der Waals surface area contributed by atoms with E-state index in [2.05, 4.69) is 20.6 Å². The van der Waals surface area contributed by atoms with Gasteiger partial charge in [-0.05, 0) is 24.3 Å². The van der Waals surface area contributed by atoms with E-state index in [0.29, 0.717) is 11.3 Å². The lowest BCUT2D eigenvalue weighted by Crippen LogP contribution is -2.14. The van der Waals surface area contributed by atoms with Crippen molar-refractivity contribution >= 4 is 23.5 Å². The van der Waals surface area contributed by atoms with E-state index in [1.807, 2.05) is 6.07 Å². The molecule has 23 heavy (non-hydrogen) atoms. The molecule has 7 nitrogen and oxygen atoms in total. The van der Waals surface area contributed by atoms with E-state index in [-0.39, 0.29) is 17.6 Å². The second-order valence-electron chi connectivity index (χ2n) is 4.55. The molecule has 3 rings (SSSR count). The fraction of sp³-hybridized carbons (Fsp3) is 0. The molecule has 0 spiro atoms. The topological polar surface area (TPSA) is 97.1 Å². The Balaban J connectivity index is 1.66. The maximum atomic E-state index is 12.0. The van der Waals surface area contributed by atoms with Gasteiger partial charge in [0.05, 0.1) is 11.9 Å². The summed E-state index contributed by atoms with van der Waals surface area (Å²) in [4.78, 5) is 31.8. The number of benzene rings is 1. The first-order chi connectivity index (χ1) is 11.2. The van der Waals surface area contributed by atoms with Crippen molar-refractivity contribution in [2.45, 2.75) is 0 Å². The molecule has 0 fully saturated rings. The maximum absolute atomic E-state index is 12.0. The Hall–Kier alpha value is -3.48. The molecule has 114 valence electrons. The third-order valence-electron chi connectivity index (χ3n) is 2.91. The highest BCUT2D eigenvalue weighted by molar-refractivity contribution is 6.05. The van der Waals surface area contributed by atoms with Gasteiger partial charge in [0.1, 0.15) is 6.26 Å². The van der Waals surface area contributed by atoms with Gasteiger partial charge in [-0.15, -0.1) is 0 Å². The molecule has 0 saturated carbocycles. The van der Waals surface area contributed by atoms with Crippen molar-refractivity contribution in [3.05, 3.63) is 72.4 Å². The number of nitrogens with zero attached hydrogens (tertiary/aromatic N) is 2. The predicted octanol–water partition coefficient (Wildman–Crippen LogP) is 2.57. The summed E-state index contributed by atoms with van der Waals surface area (Å²) in [7, 11) is 0. The monoisotopic (exact) mass is 308 g/mol. The van der Waals surface area contributed by atoms with Gasteiger partial charge in [0.15, 0.2) is 5.69 Å². The highest BCUT2D eigenvalue weighted by atomic mass is 16.4. The molecule has 1 aromatic carbocycles. The van der Waals surface area contributed by atoms with Crippen molar-refractivity contribution in [3.8, 4) is 0 Å². The van der Waals surface area contributed by atoms with E-state index in [0.717, 1.165) is 0 Å². The van der Waals surface area contributed by atoms with E-state index < -0.39 is 5.91 Å². The minimum absolute atomic E-state index is 0.0461. The lowest BCUT2D eigenvalue weighted by atomic mass is 10.2. The molecule has 0 saturated heterocycles. The number of oxazole rings is 1. The van der Waals surface area contributed by atoms with Gasteiger partial charge in [0, 0.05) is 11.8 Å². The highest BCUT2D eigenvalue weighted by Crippen LogP contribution is 2.12. The number of carbonyl (C=O) groups is 2. The Kier molecular flexibility index (Phi) is 4.10. The SMILES string of the molecule is O=C(Nc1nc(C(=O)Nc2cccnc2)co1)c1ccccc1. The van der Waals surface area contributed by atoms with E-state index in [9.17, 15) is 9.59 Å². The average Bonchev–Trinajstić information content (AvgIpc) is 3.05. The predicted molar refractivity (Wildman–Crippen MR) is 83.1 cm³/mol. The lowest BCUT2D eigenvalue weighted by molar-refractivity contribution is 0.101. The highest BCUT2D eigenvalue weighted by Gasteiger charge is 2.14. The van der Waals surface area contributed by atoms with Crippen LogP contribution in [-0.4, -0.2) is 21.8 Å². The molecule has 0 aliphatic carbocycles. The van der Waals surface area contributed by atoms with Gasteiger partial charge in [-0.25, -0.2) is 0 Å². The van der Waals surface area contributed by atoms with Gasteiger partial charge in [-0.1, -0.05) is 18.2 Å². The minimum atomic E-state index is -0.457. The third-order valence-corrected chi connectivity index (χ3v) is 2.91. The summed E-state index contributed by atoms with van der Waals surface area (Å²) in [5, 5.41) is 5.11. The van der Waals surface area contributed by atoms with E-state index in [4.69, 9.17) is 4.42 Å². The second kappa shape index (κ2) is 6.52.